The lowest BCUT2D eigenvalue weighted by Gasteiger charge is -2.18. The van der Waals surface area contributed by atoms with E-state index in [1.165, 1.54) is 37.2 Å². The fourth-order valence-electron chi connectivity index (χ4n) is 2.05. The van der Waals surface area contributed by atoms with E-state index in [1.54, 1.807) is 0 Å². The number of anilines is 1. The molecule has 1 saturated heterocycles. The number of benzene rings is 1. The predicted molar refractivity (Wildman–Crippen MR) is 60.6 cm³/mol. The van der Waals surface area contributed by atoms with Gasteiger partial charge in [-0.25, -0.2) is 0 Å². The topological polar surface area (TPSA) is 29.3 Å². The minimum atomic E-state index is 0.740. The molecular weight excluding hydrogens is 172 g/mol. The Kier molecular flexibility index (Phi) is 3.04. The van der Waals surface area contributed by atoms with Crippen LogP contribution < -0.4 is 10.6 Å². The maximum absolute atomic E-state index is 5.55. The standard InChI is InChI=1S/C12H18N2/c13-7-6-11-4-3-5-12(10-11)14-8-1-2-9-14/h3-5,10H,1-2,6-9,13H2. The largest absolute Gasteiger partial charge is 0.372 e. The van der Waals surface area contributed by atoms with Gasteiger partial charge in [-0.05, 0) is 43.5 Å². The van der Waals surface area contributed by atoms with E-state index in [1.807, 2.05) is 0 Å². The van der Waals surface area contributed by atoms with E-state index in [0.717, 1.165) is 13.0 Å². The number of rotatable bonds is 3. The van der Waals surface area contributed by atoms with Crippen LogP contribution in [0.2, 0.25) is 0 Å². The molecule has 2 heteroatoms. The van der Waals surface area contributed by atoms with Gasteiger partial charge < -0.3 is 10.6 Å². The first-order valence-electron chi connectivity index (χ1n) is 5.44. The van der Waals surface area contributed by atoms with E-state index in [9.17, 15) is 0 Å². The Labute approximate surface area is 85.7 Å². The van der Waals surface area contributed by atoms with Gasteiger partial charge in [0.1, 0.15) is 0 Å². The number of nitrogens with two attached hydrogens (primary N) is 1. The van der Waals surface area contributed by atoms with Gasteiger partial charge >= 0.3 is 0 Å². The van der Waals surface area contributed by atoms with Crippen molar-refractivity contribution in [3.8, 4) is 0 Å². The normalized spacial score (nSPS) is 16.2. The molecule has 0 unspecified atom stereocenters. The van der Waals surface area contributed by atoms with Gasteiger partial charge in [-0.2, -0.15) is 0 Å². The van der Waals surface area contributed by atoms with Crippen LogP contribution in [0.25, 0.3) is 0 Å². The second kappa shape index (κ2) is 4.47. The van der Waals surface area contributed by atoms with E-state index in [4.69, 9.17) is 5.73 Å². The van der Waals surface area contributed by atoms with Crippen molar-refractivity contribution < 1.29 is 0 Å². The molecule has 0 amide bonds. The van der Waals surface area contributed by atoms with Crippen LogP contribution in [0, 0.1) is 0 Å². The summed E-state index contributed by atoms with van der Waals surface area (Å²) in [4.78, 5) is 2.46. The highest BCUT2D eigenvalue weighted by Crippen LogP contribution is 2.21. The highest BCUT2D eigenvalue weighted by Gasteiger charge is 2.11. The molecule has 1 aromatic carbocycles. The average molecular weight is 190 g/mol. The van der Waals surface area contributed by atoms with Crippen molar-refractivity contribution in [1.29, 1.82) is 0 Å². The summed E-state index contributed by atoms with van der Waals surface area (Å²) in [5.41, 5.74) is 8.28. The van der Waals surface area contributed by atoms with Crippen LogP contribution in [0.5, 0.6) is 0 Å². The molecule has 14 heavy (non-hydrogen) atoms. The van der Waals surface area contributed by atoms with Crippen LogP contribution in [-0.4, -0.2) is 19.6 Å². The van der Waals surface area contributed by atoms with Crippen molar-refractivity contribution in [2.75, 3.05) is 24.5 Å². The second-order valence-electron chi connectivity index (χ2n) is 3.90. The summed E-state index contributed by atoms with van der Waals surface area (Å²) >= 11 is 0. The Morgan fingerprint density at radius 1 is 1.21 bits per heavy atom. The Morgan fingerprint density at radius 2 is 2.00 bits per heavy atom. The summed E-state index contributed by atoms with van der Waals surface area (Å²) in [7, 11) is 0. The Morgan fingerprint density at radius 3 is 2.71 bits per heavy atom. The minimum Gasteiger partial charge on any atom is -0.372 e. The molecule has 76 valence electrons. The molecule has 2 rings (SSSR count). The van der Waals surface area contributed by atoms with Crippen molar-refractivity contribution >= 4 is 5.69 Å². The molecule has 1 aromatic rings. The first-order chi connectivity index (χ1) is 6.90. The Hall–Kier alpha value is -1.02. The second-order valence-corrected chi connectivity index (χ2v) is 3.90. The zero-order valence-electron chi connectivity index (χ0n) is 8.58. The monoisotopic (exact) mass is 190 g/mol. The predicted octanol–water partition coefficient (Wildman–Crippen LogP) is 1.79. The van der Waals surface area contributed by atoms with Crippen molar-refractivity contribution in [2.24, 2.45) is 5.73 Å². The molecule has 1 aliphatic heterocycles. The maximum atomic E-state index is 5.55. The molecule has 2 nitrogen and oxygen atoms in total. The first kappa shape index (κ1) is 9.53. The molecule has 0 saturated carbocycles. The van der Waals surface area contributed by atoms with E-state index in [-0.39, 0.29) is 0 Å². The van der Waals surface area contributed by atoms with Gasteiger partial charge in [-0.1, -0.05) is 12.1 Å². The molecule has 0 aliphatic carbocycles. The lowest BCUT2D eigenvalue weighted by atomic mass is 10.1. The van der Waals surface area contributed by atoms with Gasteiger partial charge in [-0.3, -0.25) is 0 Å². The molecule has 2 N–H and O–H groups in total. The summed E-state index contributed by atoms with van der Waals surface area (Å²) in [6.45, 7) is 3.17. The summed E-state index contributed by atoms with van der Waals surface area (Å²) in [6.07, 6.45) is 3.66. The molecule has 1 fully saturated rings. The zero-order valence-corrected chi connectivity index (χ0v) is 8.58. The van der Waals surface area contributed by atoms with Crippen LogP contribution in [0.4, 0.5) is 5.69 Å². The third kappa shape index (κ3) is 2.07. The molecule has 0 spiro atoms. The van der Waals surface area contributed by atoms with Crippen molar-refractivity contribution in [2.45, 2.75) is 19.3 Å². The maximum Gasteiger partial charge on any atom is 0.0368 e. The number of hydrogen-bond acceptors (Lipinski definition) is 2. The van der Waals surface area contributed by atoms with E-state index >= 15 is 0 Å². The van der Waals surface area contributed by atoms with E-state index < -0.39 is 0 Å². The zero-order chi connectivity index (χ0) is 9.80. The smallest absolute Gasteiger partial charge is 0.0368 e. The highest BCUT2D eigenvalue weighted by atomic mass is 15.1. The summed E-state index contributed by atoms with van der Waals surface area (Å²) in [5.74, 6) is 0. The van der Waals surface area contributed by atoms with Gasteiger partial charge in [0, 0.05) is 18.8 Å². The highest BCUT2D eigenvalue weighted by molar-refractivity contribution is 5.49. The Balaban J connectivity index is 2.12. The minimum absolute atomic E-state index is 0.740. The lowest BCUT2D eigenvalue weighted by molar-refractivity contribution is 0.946. The van der Waals surface area contributed by atoms with Crippen LogP contribution in [0.3, 0.4) is 0 Å². The van der Waals surface area contributed by atoms with Gasteiger partial charge in [0.2, 0.25) is 0 Å². The van der Waals surface area contributed by atoms with Gasteiger partial charge in [0.25, 0.3) is 0 Å². The summed E-state index contributed by atoms with van der Waals surface area (Å²) in [5, 5.41) is 0. The summed E-state index contributed by atoms with van der Waals surface area (Å²) < 4.78 is 0. The SMILES string of the molecule is NCCc1cccc(N2CCCC2)c1. The quantitative estimate of drug-likeness (QED) is 0.787. The molecule has 0 aromatic heterocycles. The van der Waals surface area contributed by atoms with Crippen molar-refractivity contribution in [1.82, 2.24) is 0 Å². The molecule has 0 atom stereocenters. The van der Waals surface area contributed by atoms with Crippen LogP contribution in [0.1, 0.15) is 18.4 Å². The van der Waals surface area contributed by atoms with Gasteiger partial charge in [-0.15, -0.1) is 0 Å². The van der Waals surface area contributed by atoms with Crippen LogP contribution in [0.15, 0.2) is 24.3 Å². The molecule has 1 heterocycles. The third-order valence-corrected chi connectivity index (χ3v) is 2.81. The first-order valence-corrected chi connectivity index (χ1v) is 5.44. The lowest BCUT2D eigenvalue weighted by Crippen LogP contribution is -2.17. The fraction of sp³-hybridized carbons (Fsp3) is 0.500. The van der Waals surface area contributed by atoms with Crippen molar-refractivity contribution in [3.05, 3.63) is 29.8 Å². The number of nitrogens with zero attached hydrogens (tertiary/aromatic N) is 1. The molecule has 1 aliphatic rings. The van der Waals surface area contributed by atoms with E-state index in [0.29, 0.717) is 0 Å². The van der Waals surface area contributed by atoms with Crippen LogP contribution in [-0.2, 0) is 6.42 Å². The molecular formula is C12H18N2. The average Bonchev–Trinajstić information content (AvgIpc) is 2.71. The summed E-state index contributed by atoms with van der Waals surface area (Å²) in [6, 6.07) is 8.77. The van der Waals surface area contributed by atoms with Gasteiger partial charge in [0.05, 0.1) is 0 Å². The molecule has 0 bridgehead atoms. The van der Waals surface area contributed by atoms with Crippen molar-refractivity contribution in [3.63, 3.8) is 0 Å². The van der Waals surface area contributed by atoms with Crippen LogP contribution >= 0.6 is 0 Å². The Bertz CT molecular complexity index is 290. The molecule has 0 radical (unpaired) electrons. The fourth-order valence-corrected chi connectivity index (χ4v) is 2.05. The van der Waals surface area contributed by atoms with Gasteiger partial charge in [0.15, 0.2) is 0 Å². The third-order valence-electron chi connectivity index (χ3n) is 2.81. The van der Waals surface area contributed by atoms with E-state index in [2.05, 4.69) is 29.2 Å². The number of hydrogen-bond donors (Lipinski definition) is 1.